The van der Waals surface area contributed by atoms with Crippen LogP contribution in [0.1, 0.15) is 17.0 Å². The molecule has 0 fully saturated rings. The predicted molar refractivity (Wildman–Crippen MR) is 71.7 cm³/mol. The molecule has 0 aliphatic rings. The maximum absolute atomic E-state index is 12.6. The lowest BCUT2D eigenvalue weighted by Gasteiger charge is -2.08. The van der Waals surface area contributed by atoms with Crippen LogP contribution >= 0.6 is 31.9 Å². The molecule has 0 radical (unpaired) electrons. The van der Waals surface area contributed by atoms with Crippen LogP contribution in [0.3, 0.4) is 0 Å². The van der Waals surface area contributed by atoms with E-state index in [9.17, 15) is 13.2 Å². The molecule has 0 amide bonds. The van der Waals surface area contributed by atoms with E-state index >= 15 is 0 Å². The molecule has 100 valence electrons. The fraction of sp³-hybridized carbons (Fsp3) is 0.167. The van der Waals surface area contributed by atoms with Gasteiger partial charge in [-0.1, -0.05) is 18.2 Å². The summed E-state index contributed by atoms with van der Waals surface area (Å²) in [6.45, 7) is 0. The van der Waals surface area contributed by atoms with Gasteiger partial charge in [-0.2, -0.15) is 13.2 Å². The van der Waals surface area contributed by atoms with Gasteiger partial charge >= 0.3 is 6.18 Å². The van der Waals surface area contributed by atoms with Crippen molar-refractivity contribution >= 4 is 31.9 Å². The van der Waals surface area contributed by atoms with E-state index in [4.69, 9.17) is 0 Å². The van der Waals surface area contributed by atoms with E-state index in [-0.39, 0.29) is 6.42 Å². The van der Waals surface area contributed by atoms with Crippen molar-refractivity contribution in [1.29, 1.82) is 0 Å². The standard InChI is InChI=1S/C12H7Br2F3N2/c13-9-6-10(14)19-11(18-9)5-7-2-1-3-8(4-7)12(15,16)17/h1-4,6H,5H2. The van der Waals surface area contributed by atoms with Gasteiger partial charge in [-0.15, -0.1) is 0 Å². The molecule has 0 aliphatic heterocycles. The van der Waals surface area contributed by atoms with Crippen molar-refractivity contribution in [3.63, 3.8) is 0 Å². The van der Waals surface area contributed by atoms with Crippen LogP contribution < -0.4 is 0 Å². The zero-order chi connectivity index (χ0) is 14.0. The molecule has 0 saturated heterocycles. The quantitative estimate of drug-likeness (QED) is 0.694. The van der Waals surface area contributed by atoms with E-state index in [1.54, 1.807) is 12.1 Å². The fourth-order valence-corrected chi connectivity index (χ4v) is 2.70. The molecule has 0 N–H and O–H groups in total. The van der Waals surface area contributed by atoms with Gasteiger partial charge in [0, 0.05) is 12.5 Å². The molecule has 0 spiro atoms. The number of alkyl halides is 3. The minimum atomic E-state index is -4.34. The third kappa shape index (κ3) is 4.01. The van der Waals surface area contributed by atoms with Crippen molar-refractivity contribution < 1.29 is 13.2 Å². The summed E-state index contributed by atoms with van der Waals surface area (Å²) in [5.74, 6) is 0.445. The average Bonchev–Trinajstić information content (AvgIpc) is 2.26. The molecule has 0 bridgehead atoms. The minimum absolute atomic E-state index is 0.238. The van der Waals surface area contributed by atoms with Crippen LogP contribution in [0.4, 0.5) is 13.2 Å². The number of hydrogen-bond acceptors (Lipinski definition) is 2. The van der Waals surface area contributed by atoms with Crippen LogP contribution in [0.2, 0.25) is 0 Å². The second kappa shape index (κ2) is 5.58. The first-order chi connectivity index (χ1) is 8.84. The fourth-order valence-electron chi connectivity index (χ4n) is 1.55. The van der Waals surface area contributed by atoms with E-state index in [0.29, 0.717) is 20.6 Å². The molecular formula is C12H7Br2F3N2. The van der Waals surface area contributed by atoms with Crippen LogP contribution in [-0.4, -0.2) is 9.97 Å². The van der Waals surface area contributed by atoms with Crippen molar-refractivity contribution in [3.05, 3.63) is 56.5 Å². The van der Waals surface area contributed by atoms with Crippen LogP contribution in [0, 0.1) is 0 Å². The van der Waals surface area contributed by atoms with E-state index in [2.05, 4.69) is 41.8 Å². The summed E-state index contributed by atoms with van der Waals surface area (Å²) in [5.41, 5.74) is -0.154. The summed E-state index contributed by atoms with van der Waals surface area (Å²) in [4.78, 5) is 8.23. The Hall–Kier alpha value is -0.950. The SMILES string of the molecule is FC(F)(F)c1cccc(Cc2nc(Br)cc(Br)n2)c1. The third-order valence-electron chi connectivity index (χ3n) is 2.33. The molecule has 1 aromatic carbocycles. The predicted octanol–water partition coefficient (Wildman–Crippen LogP) is 4.61. The number of halogens is 5. The van der Waals surface area contributed by atoms with Crippen LogP contribution in [-0.2, 0) is 12.6 Å². The van der Waals surface area contributed by atoms with Gasteiger partial charge in [-0.3, -0.25) is 0 Å². The van der Waals surface area contributed by atoms with Gasteiger partial charge in [-0.05, 0) is 43.5 Å². The molecule has 0 unspecified atom stereocenters. The number of rotatable bonds is 2. The van der Waals surface area contributed by atoms with Crippen LogP contribution in [0.25, 0.3) is 0 Å². The Morgan fingerprint density at radius 1 is 1.00 bits per heavy atom. The normalized spacial score (nSPS) is 11.6. The topological polar surface area (TPSA) is 25.8 Å². The van der Waals surface area contributed by atoms with E-state index < -0.39 is 11.7 Å². The average molecular weight is 396 g/mol. The van der Waals surface area contributed by atoms with Gasteiger partial charge < -0.3 is 0 Å². The molecule has 2 nitrogen and oxygen atoms in total. The first kappa shape index (κ1) is 14.5. The number of hydrogen-bond donors (Lipinski definition) is 0. The third-order valence-corrected chi connectivity index (χ3v) is 3.14. The highest BCUT2D eigenvalue weighted by Gasteiger charge is 2.30. The molecule has 0 saturated carbocycles. The Bertz CT molecular complexity index is 580. The number of nitrogens with zero attached hydrogens (tertiary/aromatic N) is 2. The molecule has 0 aliphatic carbocycles. The number of aromatic nitrogens is 2. The van der Waals surface area contributed by atoms with Crippen molar-refractivity contribution in [2.24, 2.45) is 0 Å². The molecule has 2 rings (SSSR count). The summed E-state index contributed by atoms with van der Waals surface area (Å²) < 4.78 is 38.9. The lowest BCUT2D eigenvalue weighted by atomic mass is 10.1. The Labute approximate surface area is 124 Å². The summed E-state index contributed by atoms with van der Waals surface area (Å²) in [6, 6.07) is 6.81. The zero-order valence-electron chi connectivity index (χ0n) is 9.38. The maximum Gasteiger partial charge on any atom is 0.416 e. The Kier molecular flexibility index (Phi) is 4.25. The highest BCUT2D eigenvalue weighted by molar-refractivity contribution is 9.11. The molecule has 7 heteroatoms. The van der Waals surface area contributed by atoms with Crippen molar-refractivity contribution in [2.45, 2.75) is 12.6 Å². The smallest absolute Gasteiger partial charge is 0.226 e. The first-order valence-electron chi connectivity index (χ1n) is 5.20. The summed E-state index contributed by atoms with van der Waals surface area (Å²) in [5, 5.41) is 0. The highest BCUT2D eigenvalue weighted by Crippen LogP contribution is 2.29. The second-order valence-corrected chi connectivity index (χ2v) is 5.43. The molecule has 19 heavy (non-hydrogen) atoms. The van der Waals surface area contributed by atoms with Crippen LogP contribution in [0.5, 0.6) is 0 Å². The second-order valence-electron chi connectivity index (χ2n) is 3.80. The zero-order valence-corrected chi connectivity index (χ0v) is 12.6. The summed E-state index contributed by atoms with van der Waals surface area (Å²) in [7, 11) is 0. The van der Waals surface area contributed by atoms with Crippen molar-refractivity contribution in [3.8, 4) is 0 Å². The van der Waals surface area contributed by atoms with E-state index in [1.807, 2.05) is 0 Å². The Morgan fingerprint density at radius 3 is 2.21 bits per heavy atom. The van der Waals surface area contributed by atoms with Crippen molar-refractivity contribution in [2.75, 3.05) is 0 Å². The lowest BCUT2D eigenvalue weighted by Crippen LogP contribution is -2.06. The largest absolute Gasteiger partial charge is 0.416 e. The van der Waals surface area contributed by atoms with Gasteiger partial charge in [-0.25, -0.2) is 9.97 Å². The molecule has 1 heterocycles. The Morgan fingerprint density at radius 2 is 1.63 bits per heavy atom. The van der Waals surface area contributed by atoms with E-state index in [1.165, 1.54) is 6.07 Å². The van der Waals surface area contributed by atoms with E-state index in [0.717, 1.165) is 12.1 Å². The van der Waals surface area contributed by atoms with Crippen LogP contribution in [0.15, 0.2) is 39.5 Å². The summed E-state index contributed by atoms with van der Waals surface area (Å²) in [6.07, 6.45) is -4.10. The van der Waals surface area contributed by atoms with Crippen molar-refractivity contribution in [1.82, 2.24) is 9.97 Å². The van der Waals surface area contributed by atoms with Gasteiger partial charge in [0.1, 0.15) is 15.0 Å². The summed E-state index contributed by atoms with van der Waals surface area (Å²) >= 11 is 6.42. The van der Waals surface area contributed by atoms with Gasteiger partial charge in [0.25, 0.3) is 0 Å². The van der Waals surface area contributed by atoms with Gasteiger partial charge in [0.05, 0.1) is 5.56 Å². The number of benzene rings is 1. The molecule has 0 atom stereocenters. The lowest BCUT2D eigenvalue weighted by molar-refractivity contribution is -0.137. The van der Waals surface area contributed by atoms with Gasteiger partial charge in [0.15, 0.2) is 0 Å². The molecular weight excluding hydrogens is 389 g/mol. The first-order valence-corrected chi connectivity index (χ1v) is 6.78. The highest BCUT2D eigenvalue weighted by atomic mass is 79.9. The maximum atomic E-state index is 12.6. The van der Waals surface area contributed by atoms with Gasteiger partial charge in [0.2, 0.25) is 0 Å². The Balaban J connectivity index is 2.28. The monoisotopic (exact) mass is 394 g/mol. The molecule has 2 aromatic rings. The minimum Gasteiger partial charge on any atom is -0.226 e. The molecule has 1 aromatic heterocycles.